The molecule has 0 saturated heterocycles. The van der Waals surface area contributed by atoms with Crippen LogP contribution in [0.25, 0.3) is 11.4 Å². The van der Waals surface area contributed by atoms with Crippen molar-refractivity contribution in [3.05, 3.63) is 35.2 Å². The Morgan fingerprint density at radius 1 is 1.23 bits per heavy atom. The van der Waals surface area contributed by atoms with Crippen molar-refractivity contribution < 1.29 is 9.32 Å². The maximum absolute atomic E-state index is 12.8. The highest BCUT2D eigenvalue weighted by Gasteiger charge is 2.42. The summed E-state index contributed by atoms with van der Waals surface area (Å²) in [5, 5.41) is 11.2. The molecule has 1 amide bonds. The molecule has 0 bridgehead atoms. The Morgan fingerprint density at radius 2 is 1.90 bits per heavy atom. The number of guanidine groups is 1. The second kappa shape index (κ2) is 11.7. The second-order valence-corrected chi connectivity index (χ2v) is 8.19. The maximum atomic E-state index is 12.8. The van der Waals surface area contributed by atoms with Crippen molar-refractivity contribution in [3.8, 4) is 11.4 Å². The summed E-state index contributed by atoms with van der Waals surface area (Å²) >= 11 is 5.92. The zero-order valence-corrected chi connectivity index (χ0v) is 21.2. The number of benzene rings is 1. The lowest BCUT2D eigenvalue weighted by Crippen LogP contribution is -2.49. The van der Waals surface area contributed by atoms with Crippen LogP contribution in [0.3, 0.4) is 0 Å². The summed E-state index contributed by atoms with van der Waals surface area (Å²) in [5.74, 6) is 1.71. The number of aliphatic imine (C=N–C) groups is 1. The fraction of sp³-hybridized carbons (Fsp3) is 0.524. The number of halogens is 2. The first kappa shape index (κ1) is 25.4. The predicted octanol–water partition coefficient (Wildman–Crippen LogP) is 3.71. The number of nitrogens with one attached hydrogen (secondary N) is 2. The van der Waals surface area contributed by atoms with E-state index < -0.39 is 0 Å². The molecule has 1 heterocycles. The molecule has 1 saturated carbocycles. The lowest BCUT2D eigenvalue weighted by molar-refractivity contribution is -0.138. The molecular weight excluding hydrogens is 531 g/mol. The van der Waals surface area contributed by atoms with Crippen molar-refractivity contribution in [2.24, 2.45) is 10.4 Å². The largest absolute Gasteiger partial charge is 0.357 e. The minimum Gasteiger partial charge on any atom is -0.357 e. The van der Waals surface area contributed by atoms with E-state index >= 15 is 0 Å². The van der Waals surface area contributed by atoms with E-state index in [2.05, 4.69) is 25.8 Å². The standard InChI is InChI=1S/C21H29ClN6O2.HI/c1-4-23-20(25-14-21(11-5-6-12-21)19(29)28(2)3)24-13-17-26-18(27-30-17)15-7-9-16(22)10-8-15;/h7-10H,4-6,11-14H2,1-3H3,(H2,23,24,25);1H. The fourth-order valence-electron chi connectivity index (χ4n) is 3.77. The molecule has 1 aromatic heterocycles. The molecule has 2 N–H and O–H groups in total. The van der Waals surface area contributed by atoms with Gasteiger partial charge in [-0.25, -0.2) is 4.99 Å². The third-order valence-electron chi connectivity index (χ3n) is 5.30. The van der Waals surface area contributed by atoms with Gasteiger partial charge in [-0.15, -0.1) is 24.0 Å². The van der Waals surface area contributed by atoms with E-state index in [4.69, 9.17) is 16.1 Å². The van der Waals surface area contributed by atoms with Gasteiger partial charge < -0.3 is 20.1 Å². The monoisotopic (exact) mass is 560 g/mol. The number of nitrogens with zero attached hydrogens (tertiary/aromatic N) is 4. The molecule has 0 aliphatic heterocycles. The van der Waals surface area contributed by atoms with E-state index in [1.54, 1.807) is 17.0 Å². The highest BCUT2D eigenvalue weighted by Crippen LogP contribution is 2.38. The molecule has 0 unspecified atom stereocenters. The van der Waals surface area contributed by atoms with Crippen molar-refractivity contribution in [2.45, 2.75) is 39.2 Å². The van der Waals surface area contributed by atoms with E-state index in [1.807, 2.05) is 33.2 Å². The molecule has 31 heavy (non-hydrogen) atoms. The van der Waals surface area contributed by atoms with Crippen LogP contribution in [0.2, 0.25) is 5.02 Å². The Hall–Kier alpha value is -1.88. The first-order valence-corrected chi connectivity index (χ1v) is 10.6. The molecule has 1 aliphatic carbocycles. The lowest BCUT2D eigenvalue weighted by Gasteiger charge is -2.31. The molecule has 8 nitrogen and oxygen atoms in total. The molecule has 1 fully saturated rings. The molecule has 2 aromatic rings. The Morgan fingerprint density at radius 3 is 2.52 bits per heavy atom. The number of hydrogen-bond donors (Lipinski definition) is 2. The van der Waals surface area contributed by atoms with Gasteiger partial charge in [-0.05, 0) is 44.0 Å². The van der Waals surface area contributed by atoms with Crippen LogP contribution in [0.1, 0.15) is 38.5 Å². The van der Waals surface area contributed by atoms with E-state index in [9.17, 15) is 4.79 Å². The fourth-order valence-corrected chi connectivity index (χ4v) is 3.90. The van der Waals surface area contributed by atoms with Crippen LogP contribution in [0.15, 0.2) is 33.8 Å². The summed E-state index contributed by atoms with van der Waals surface area (Å²) in [5.41, 5.74) is 0.458. The Kier molecular flexibility index (Phi) is 9.54. The summed E-state index contributed by atoms with van der Waals surface area (Å²) in [6.07, 6.45) is 3.93. The van der Waals surface area contributed by atoms with Gasteiger partial charge in [0.25, 0.3) is 0 Å². The zero-order valence-electron chi connectivity index (χ0n) is 18.2. The molecule has 10 heteroatoms. The molecular formula is C21H30ClIN6O2. The van der Waals surface area contributed by atoms with Gasteiger partial charge >= 0.3 is 0 Å². The number of rotatable bonds is 7. The van der Waals surface area contributed by atoms with E-state index in [-0.39, 0.29) is 41.8 Å². The minimum absolute atomic E-state index is 0. The van der Waals surface area contributed by atoms with Crippen LogP contribution in [-0.2, 0) is 11.3 Å². The molecule has 0 spiro atoms. The topological polar surface area (TPSA) is 95.6 Å². The number of carbonyl (C=O) groups is 1. The molecule has 1 aromatic carbocycles. The van der Waals surface area contributed by atoms with Gasteiger partial charge in [0.15, 0.2) is 5.96 Å². The first-order chi connectivity index (χ1) is 14.4. The highest BCUT2D eigenvalue weighted by atomic mass is 127. The van der Waals surface area contributed by atoms with Crippen molar-refractivity contribution >= 4 is 47.4 Å². The predicted molar refractivity (Wildman–Crippen MR) is 133 cm³/mol. The van der Waals surface area contributed by atoms with Crippen molar-refractivity contribution in [1.82, 2.24) is 25.7 Å². The van der Waals surface area contributed by atoms with Crippen LogP contribution in [0.5, 0.6) is 0 Å². The van der Waals surface area contributed by atoms with Crippen molar-refractivity contribution in [1.29, 1.82) is 0 Å². The number of carbonyl (C=O) groups excluding carboxylic acids is 1. The van der Waals surface area contributed by atoms with Gasteiger partial charge in [-0.1, -0.05) is 29.6 Å². The molecule has 3 rings (SSSR count). The zero-order chi connectivity index (χ0) is 21.6. The van der Waals surface area contributed by atoms with Crippen LogP contribution < -0.4 is 10.6 Å². The van der Waals surface area contributed by atoms with E-state index in [1.165, 1.54) is 0 Å². The van der Waals surface area contributed by atoms with Crippen molar-refractivity contribution in [2.75, 3.05) is 27.2 Å². The number of amides is 1. The van der Waals surface area contributed by atoms with Gasteiger partial charge in [0.1, 0.15) is 6.54 Å². The number of aromatic nitrogens is 2. The van der Waals surface area contributed by atoms with Crippen LogP contribution in [0.4, 0.5) is 0 Å². The molecule has 1 aliphatic rings. The average molecular weight is 561 g/mol. The van der Waals surface area contributed by atoms with Crippen LogP contribution >= 0.6 is 35.6 Å². The minimum atomic E-state index is -0.369. The summed E-state index contributed by atoms with van der Waals surface area (Å²) < 4.78 is 5.33. The van der Waals surface area contributed by atoms with Gasteiger partial charge in [0.05, 0.1) is 5.41 Å². The smallest absolute Gasteiger partial charge is 0.248 e. The summed E-state index contributed by atoms with van der Waals surface area (Å²) in [6, 6.07) is 7.25. The van der Waals surface area contributed by atoms with E-state index in [0.29, 0.717) is 35.8 Å². The maximum Gasteiger partial charge on any atom is 0.248 e. The van der Waals surface area contributed by atoms with Gasteiger partial charge in [0, 0.05) is 37.8 Å². The molecule has 0 atom stereocenters. The van der Waals surface area contributed by atoms with Crippen molar-refractivity contribution in [3.63, 3.8) is 0 Å². The highest BCUT2D eigenvalue weighted by molar-refractivity contribution is 14.0. The van der Waals surface area contributed by atoms with Gasteiger partial charge in [-0.2, -0.15) is 4.98 Å². The summed E-state index contributed by atoms with van der Waals surface area (Å²) in [7, 11) is 3.63. The molecule has 170 valence electrons. The third-order valence-corrected chi connectivity index (χ3v) is 5.55. The van der Waals surface area contributed by atoms with Crippen LogP contribution in [0, 0.1) is 5.41 Å². The van der Waals surface area contributed by atoms with Crippen LogP contribution in [-0.4, -0.2) is 54.1 Å². The first-order valence-electron chi connectivity index (χ1n) is 10.3. The van der Waals surface area contributed by atoms with Gasteiger partial charge in [0.2, 0.25) is 17.6 Å². The second-order valence-electron chi connectivity index (χ2n) is 7.75. The number of hydrogen-bond acceptors (Lipinski definition) is 5. The summed E-state index contributed by atoms with van der Waals surface area (Å²) in [6.45, 7) is 3.50. The Labute approximate surface area is 205 Å². The Bertz CT molecular complexity index is 878. The average Bonchev–Trinajstić information content (AvgIpc) is 3.40. The normalized spacial score (nSPS) is 15.3. The lowest BCUT2D eigenvalue weighted by atomic mass is 9.84. The Balaban J connectivity index is 0.00000341. The quantitative estimate of drug-likeness (QED) is 0.305. The van der Waals surface area contributed by atoms with E-state index in [0.717, 1.165) is 31.2 Å². The molecule has 0 radical (unpaired) electrons. The third kappa shape index (κ3) is 6.55. The SMILES string of the molecule is CCNC(=NCc1nc(-c2ccc(Cl)cc2)no1)NCC1(C(=O)N(C)C)CCCC1.I. The van der Waals surface area contributed by atoms with Gasteiger partial charge in [-0.3, -0.25) is 4.79 Å². The summed E-state index contributed by atoms with van der Waals surface area (Å²) in [4.78, 5) is 23.4.